The Hall–Kier alpha value is -8.44. The van der Waals surface area contributed by atoms with Crippen molar-refractivity contribution >= 4 is 0 Å². The molecule has 546 valence electrons. The summed E-state index contributed by atoms with van der Waals surface area (Å²) in [4.78, 5) is 0. The van der Waals surface area contributed by atoms with Crippen molar-refractivity contribution in [2.45, 2.75) is 158 Å². The molecule has 0 unspecified atom stereocenters. The van der Waals surface area contributed by atoms with E-state index in [-0.39, 0.29) is 79.3 Å². The van der Waals surface area contributed by atoms with Crippen LogP contribution in [0.3, 0.4) is 0 Å². The molecule has 0 spiro atoms. The van der Waals surface area contributed by atoms with Crippen LogP contribution in [0.25, 0.3) is 0 Å². The van der Waals surface area contributed by atoms with Gasteiger partial charge in [-0.05, 0) is 55.6 Å². The summed E-state index contributed by atoms with van der Waals surface area (Å²) in [6.45, 7) is 2.08. The van der Waals surface area contributed by atoms with E-state index >= 15 is 0 Å². The molecule has 0 bridgehead atoms. The Morgan fingerprint density at radius 2 is 0.371 bits per heavy atom. The molecule has 0 aromatic heterocycles. The molecule has 16 heteroatoms. The van der Waals surface area contributed by atoms with Crippen LogP contribution in [0.5, 0.6) is 0 Å². The van der Waals surface area contributed by atoms with Crippen molar-refractivity contribution in [3.8, 4) is 0 Å². The maximum Gasteiger partial charge on any atom is 0.187 e. The first kappa shape index (κ1) is 74.8. The first-order chi connectivity index (χ1) is 52.0. The standard InChI is InChI=1S/C89H94O16/c1-90-87-84(98-59-72-46-26-9-27-47-72)81(95-56-69-40-20-6-21-41-69)79(93-54-67-36-16-4-17-37-67)76(103-87)63-101-89-86(100-61-74-50-30-11-31-51-74)83(97-58-71-44-24-8-25-45-71)80(94-55-68-38-18-5-19-39-68)77(105-89)64-102-88-85(99-60-73-48-28-10-29-49-73)82(96-57-70-42-22-7-23-43-70)78(92-53-66-34-14-3-15-35-66)75(104-88)62-91-52-65-32-12-2-13-33-65/h2-51,75-89H,52-64H2,1H3/t75-,76-,77-,78-,79-,80-,81+,82+,83+,84-,85-,86-,87+,88+,89+/m1/s1. The molecule has 10 aromatic rings. The molecule has 13 rings (SSSR count). The zero-order valence-electron chi connectivity index (χ0n) is 59.3. The summed E-state index contributed by atoms with van der Waals surface area (Å²) in [6, 6.07) is 100. The molecule has 3 fully saturated rings. The molecular weight excluding hydrogens is 1320 g/mol. The quantitative estimate of drug-likeness (QED) is 0.0361. The third-order valence-corrected chi connectivity index (χ3v) is 18.8. The van der Waals surface area contributed by atoms with Crippen LogP contribution in [-0.4, -0.2) is 119 Å². The van der Waals surface area contributed by atoms with E-state index in [0.717, 1.165) is 55.6 Å². The molecule has 3 aliphatic rings. The smallest absolute Gasteiger partial charge is 0.187 e. The van der Waals surface area contributed by atoms with Crippen LogP contribution in [0.1, 0.15) is 55.6 Å². The third kappa shape index (κ3) is 22.1. The van der Waals surface area contributed by atoms with Gasteiger partial charge in [-0.15, -0.1) is 0 Å². The van der Waals surface area contributed by atoms with Crippen LogP contribution < -0.4 is 0 Å². The highest BCUT2D eigenvalue weighted by Gasteiger charge is 2.54. The minimum atomic E-state index is -1.19. The number of rotatable bonds is 38. The van der Waals surface area contributed by atoms with Gasteiger partial charge < -0.3 is 75.8 Å². The van der Waals surface area contributed by atoms with Crippen molar-refractivity contribution in [1.82, 2.24) is 0 Å². The molecule has 0 amide bonds. The lowest BCUT2D eigenvalue weighted by molar-refractivity contribution is -0.362. The largest absolute Gasteiger partial charge is 0.374 e. The van der Waals surface area contributed by atoms with Gasteiger partial charge in [0.2, 0.25) is 0 Å². The van der Waals surface area contributed by atoms with Crippen molar-refractivity contribution in [3.05, 3.63) is 359 Å². The second-order valence-corrected chi connectivity index (χ2v) is 26.4. The fraction of sp³-hybridized carbons (Fsp3) is 0.326. The van der Waals surface area contributed by atoms with Gasteiger partial charge in [-0.1, -0.05) is 303 Å². The first-order valence-corrected chi connectivity index (χ1v) is 36.3. The van der Waals surface area contributed by atoms with Crippen LogP contribution in [0, 0.1) is 0 Å². The van der Waals surface area contributed by atoms with Crippen molar-refractivity contribution < 1.29 is 75.8 Å². The summed E-state index contributed by atoms with van der Waals surface area (Å²) in [5.41, 5.74) is 9.55. The van der Waals surface area contributed by atoms with E-state index in [1.54, 1.807) is 7.11 Å². The maximum absolute atomic E-state index is 7.52. The number of methoxy groups -OCH3 is 1. The Morgan fingerprint density at radius 3 is 0.600 bits per heavy atom. The number of ether oxygens (including phenoxy) is 16. The lowest BCUT2D eigenvalue weighted by Gasteiger charge is -2.49. The SMILES string of the molecule is CO[C@H]1O[C@H](CO[C@H]2O[C@H](CO[C@H]3O[C@H](COCc4ccccc4)[C@@H](OCc4ccccc4)[C@H](OCc4ccccc4)[C@H]3OCc3ccccc3)[C@@H](OCc3ccccc3)[C@H](OCc3ccccc3)[C@H]2OCc2ccccc2)[C@@H](OCc2ccccc2)[C@H](OCc2ccccc2)[C@H]1OCc1ccccc1. The highest BCUT2D eigenvalue weighted by atomic mass is 16.8. The lowest BCUT2D eigenvalue weighted by atomic mass is 9.96. The highest BCUT2D eigenvalue weighted by molar-refractivity contribution is 5.22. The van der Waals surface area contributed by atoms with E-state index in [0.29, 0.717) is 6.61 Å². The topological polar surface area (TPSA) is 148 Å². The molecule has 3 saturated heterocycles. The predicted molar refractivity (Wildman–Crippen MR) is 396 cm³/mol. The van der Waals surface area contributed by atoms with Crippen molar-refractivity contribution in [2.24, 2.45) is 0 Å². The van der Waals surface area contributed by atoms with E-state index in [2.05, 4.69) is 0 Å². The van der Waals surface area contributed by atoms with E-state index in [1.165, 1.54) is 0 Å². The molecule has 0 saturated carbocycles. The highest BCUT2D eigenvalue weighted by Crippen LogP contribution is 2.38. The minimum absolute atomic E-state index is 0.112. The second-order valence-electron chi connectivity index (χ2n) is 26.4. The summed E-state index contributed by atoms with van der Waals surface area (Å²) in [7, 11) is 1.61. The lowest BCUT2D eigenvalue weighted by Crippen LogP contribution is -2.65. The monoisotopic (exact) mass is 1420 g/mol. The Morgan fingerprint density at radius 1 is 0.190 bits per heavy atom. The van der Waals surface area contributed by atoms with E-state index in [1.807, 2.05) is 303 Å². The van der Waals surface area contributed by atoms with Gasteiger partial charge in [-0.25, -0.2) is 0 Å². The van der Waals surface area contributed by atoms with Gasteiger partial charge >= 0.3 is 0 Å². The van der Waals surface area contributed by atoms with Gasteiger partial charge in [0.25, 0.3) is 0 Å². The molecule has 3 heterocycles. The average Bonchev–Trinajstić information content (AvgIpc) is 0.804. The minimum Gasteiger partial charge on any atom is -0.374 e. The van der Waals surface area contributed by atoms with E-state index < -0.39 is 92.1 Å². The fourth-order valence-corrected chi connectivity index (χ4v) is 13.3. The number of benzene rings is 10. The van der Waals surface area contributed by atoms with Gasteiger partial charge in [0.05, 0.1) is 85.9 Å². The predicted octanol–water partition coefficient (Wildman–Crippen LogP) is 15.3. The van der Waals surface area contributed by atoms with Crippen LogP contribution in [0.2, 0.25) is 0 Å². The van der Waals surface area contributed by atoms with E-state index in [9.17, 15) is 0 Å². The second kappa shape index (κ2) is 40.3. The molecule has 0 N–H and O–H groups in total. The Bertz CT molecular complexity index is 3980. The summed E-state index contributed by atoms with van der Waals surface area (Å²) in [6.07, 6.45) is -13.3. The number of hydrogen-bond donors (Lipinski definition) is 0. The van der Waals surface area contributed by atoms with Gasteiger partial charge in [0, 0.05) is 7.11 Å². The Balaban J connectivity index is 0.877. The maximum atomic E-state index is 7.52. The number of hydrogen-bond acceptors (Lipinski definition) is 16. The zero-order chi connectivity index (χ0) is 71.3. The normalized spacial score (nSPS) is 24.6. The van der Waals surface area contributed by atoms with Gasteiger partial charge in [-0.2, -0.15) is 0 Å². The third-order valence-electron chi connectivity index (χ3n) is 18.8. The van der Waals surface area contributed by atoms with Crippen molar-refractivity contribution in [2.75, 3.05) is 26.9 Å². The molecule has 105 heavy (non-hydrogen) atoms. The van der Waals surface area contributed by atoms with Gasteiger partial charge in [0.1, 0.15) is 73.2 Å². The summed E-state index contributed by atoms with van der Waals surface area (Å²) < 4.78 is 114. The van der Waals surface area contributed by atoms with E-state index in [4.69, 9.17) is 75.8 Å². The summed E-state index contributed by atoms with van der Waals surface area (Å²) >= 11 is 0. The molecule has 0 radical (unpaired) electrons. The molecule has 16 nitrogen and oxygen atoms in total. The molecule has 3 aliphatic heterocycles. The Labute approximate surface area is 616 Å². The van der Waals surface area contributed by atoms with Crippen molar-refractivity contribution in [1.29, 1.82) is 0 Å². The van der Waals surface area contributed by atoms with Gasteiger partial charge in [-0.3, -0.25) is 0 Å². The Kier molecular flexibility index (Phi) is 28.7. The summed E-state index contributed by atoms with van der Waals surface area (Å²) in [5.74, 6) is 0. The van der Waals surface area contributed by atoms with Crippen LogP contribution in [0.15, 0.2) is 303 Å². The van der Waals surface area contributed by atoms with Crippen molar-refractivity contribution in [3.63, 3.8) is 0 Å². The zero-order valence-corrected chi connectivity index (χ0v) is 59.3. The van der Waals surface area contributed by atoms with Gasteiger partial charge in [0.15, 0.2) is 18.9 Å². The van der Waals surface area contributed by atoms with Crippen LogP contribution in [-0.2, 0) is 142 Å². The van der Waals surface area contributed by atoms with Crippen LogP contribution >= 0.6 is 0 Å². The fourth-order valence-electron chi connectivity index (χ4n) is 13.3. The summed E-state index contributed by atoms with van der Waals surface area (Å²) in [5, 5.41) is 0. The molecular formula is C89H94O16. The first-order valence-electron chi connectivity index (χ1n) is 36.3. The van der Waals surface area contributed by atoms with Crippen LogP contribution in [0.4, 0.5) is 0 Å². The molecule has 15 atom stereocenters. The molecule has 10 aromatic carbocycles. The molecule has 0 aliphatic carbocycles. The average molecular weight is 1420 g/mol.